The number of hydrogen-bond donors (Lipinski definition) is 1. The monoisotopic (exact) mass is 499 g/mol. The first kappa shape index (κ1) is 25.3. The highest BCUT2D eigenvalue weighted by molar-refractivity contribution is 7.17. The van der Waals surface area contributed by atoms with Gasteiger partial charge in [0.15, 0.2) is 11.5 Å². The Kier molecular flexibility index (Phi) is 8.73. The Labute approximate surface area is 208 Å². The number of halogens is 1. The van der Waals surface area contributed by atoms with E-state index >= 15 is 0 Å². The van der Waals surface area contributed by atoms with Crippen LogP contribution in [0.15, 0.2) is 48.5 Å². The predicted molar refractivity (Wildman–Crippen MR) is 137 cm³/mol. The van der Waals surface area contributed by atoms with E-state index in [0.717, 1.165) is 22.4 Å². The molecule has 6 nitrogen and oxygen atoms in total. The number of benzene rings is 2. The number of thiophene rings is 1. The summed E-state index contributed by atoms with van der Waals surface area (Å²) in [7, 11) is 2.88. The number of hydrogen-bond acceptors (Lipinski definition) is 6. The van der Waals surface area contributed by atoms with E-state index in [2.05, 4.69) is 5.32 Å². The van der Waals surface area contributed by atoms with Crippen molar-refractivity contribution in [3.63, 3.8) is 0 Å². The Balaban J connectivity index is 1.85. The quantitative estimate of drug-likeness (QED) is 0.265. The van der Waals surface area contributed by atoms with E-state index in [1.165, 1.54) is 24.5 Å². The van der Waals surface area contributed by atoms with Gasteiger partial charge < -0.3 is 19.5 Å². The molecule has 1 heterocycles. The first-order valence-electron chi connectivity index (χ1n) is 10.7. The molecule has 3 rings (SSSR count). The van der Waals surface area contributed by atoms with Crippen molar-refractivity contribution in [2.45, 2.75) is 20.3 Å². The highest BCUT2D eigenvalue weighted by atomic mass is 35.5. The van der Waals surface area contributed by atoms with Gasteiger partial charge in [-0.2, -0.15) is 0 Å². The minimum atomic E-state index is -0.536. The van der Waals surface area contributed by atoms with Gasteiger partial charge in [0.1, 0.15) is 10.6 Å². The van der Waals surface area contributed by atoms with E-state index < -0.39 is 5.97 Å². The fourth-order valence-electron chi connectivity index (χ4n) is 3.37. The van der Waals surface area contributed by atoms with Crippen LogP contribution in [-0.4, -0.2) is 32.7 Å². The summed E-state index contributed by atoms with van der Waals surface area (Å²) in [6.07, 6.45) is 3.95. The third-order valence-electron chi connectivity index (χ3n) is 4.90. The van der Waals surface area contributed by atoms with Gasteiger partial charge in [0.05, 0.1) is 20.8 Å². The highest BCUT2D eigenvalue weighted by Gasteiger charge is 2.25. The third kappa shape index (κ3) is 5.98. The zero-order valence-corrected chi connectivity index (χ0v) is 21.0. The van der Waals surface area contributed by atoms with E-state index in [-0.39, 0.29) is 5.91 Å². The van der Waals surface area contributed by atoms with Crippen molar-refractivity contribution in [1.82, 2.24) is 0 Å². The van der Waals surface area contributed by atoms with Gasteiger partial charge in [-0.3, -0.25) is 4.79 Å². The van der Waals surface area contributed by atoms with E-state index in [0.29, 0.717) is 39.3 Å². The SMILES string of the molecule is CCCOc1ccc(/C=C/C(=O)Nc2sc(C)c(-c3cccc(Cl)c3)c2C(=O)OC)cc1OC. The van der Waals surface area contributed by atoms with E-state index in [9.17, 15) is 9.59 Å². The van der Waals surface area contributed by atoms with Crippen LogP contribution in [0.25, 0.3) is 17.2 Å². The maximum atomic E-state index is 12.7. The Morgan fingerprint density at radius 1 is 1.12 bits per heavy atom. The van der Waals surface area contributed by atoms with Crippen LogP contribution in [-0.2, 0) is 9.53 Å². The maximum absolute atomic E-state index is 12.7. The molecule has 0 saturated heterocycles. The molecular weight excluding hydrogens is 474 g/mol. The highest BCUT2D eigenvalue weighted by Crippen LogP contribution is 2.41. The van der Waals surface area contributed by atoms with Crippen LogP contribution >= 0.6 is 22.9 Å². The lowest BCUT2D eigenvalue weighted by atomic mass is 10.0. The van der Waals surface area contributed by atoms with Crippen molar-refractivity contribution in [3.8, 4) is 22.6 Å². The van der Waals surface area contributed by atoms with Crippen molar-refractivity contribution >= 4 is 45.9 Å². The summed E-state index contributed by atoms with van der Waals surface area (Å²) < 4.78 is 16.0. The Bertz CT molecular complexity index is 1220. The molecule has 3 aromatic rings. The van der Waals surface area contributed by atoms with Crippen LogP contribution in [0.3, 0.4) is 0 Å². The number of carbonyl (C=O) groups excluding carboxylic acids is 2. The molecule has 8 heteroatoms. The van der Waals surface area contributed by atoms with Gasteiger partial charge in [-0.1, -0.05) is 36.7 Å². The molecule has 1 N–H and O–H groups in total. The predicted octanol–water partition coefficient (Wildman–Crippen LogP) is 6.61. The molecule has 0 bridgehead atoms. The number of anilines is 1. The fraction of sp³-hybridized carbons (Fsp3) is 0.231. The molecular formula is C26H26ClNO5S. The van der Waals surface area contributed by atoms with Crippen LogP contribution in [0.2, 0.25) is 5.02 Å². The number of amides is 1. The molecule has 0 spiro atoms. The number of aryl methyl sites for hydroxylation is 1. The third-order valence-corrected chi connectivity index (χ3v) is 6.16. The van der Waals surface area contributed by atoms with E-state index in [4.69, 9.17) is 25.8 Å². The number of ether oxygens (including phenoxy) is 3. The van der Waals surface area contributed by atoms with Gasteiger partial charge in [0, 0.05) is 21.5 Å². The second-order valence-electron chi connectivity index (χ2n) is 7.32. The average molecular weight is 500 g/mol. The summed E-state index contributed by atoms with van der Waals surface area (Å²) in [5.41, 5.74) is 2.53. The fourth-order valence-corrected chi connectivity index (χ4v) is 4.62. The molecule has 0 aliphatic carbocycles. The molecule has 0 aliphatic rings. The van der Waals surface area contributed by atoms with Crippen molar-refractivity contribution in [1.29, 1.82) is 0 Å². The lowest BCUT2D eigenvalue weighted by molar-refractivity contribution is -0.111. The Morgan fingerprint density at radius 2 is 1.91 bits per heavy atom. The standard InChI is InChI=1S/C26H26ClNO5S/c1-5-13-33-20-11-9-17(14-21(20)31-3)10-12-22(29)28-25-24(26(30)32-4)23(16(2)34-25)18-7-6-8-19(27)15-18/h6-12,14-15H,5,13H2,1-4H3,(H,28,29)/b12-10+. The second kappa shape index (κ2) is 11.7. The summed E-state index contributed by atoms with van der Waals surface area (Å²) in [5, 5.41) is 3.77. The summed E-state index contributed by atoms with van der Waals surface area (Å²) in [6, 6.07) is 12.6. The molecule has 0 unspecified atom stereocenters. The largest absolute Gasteiger partial charge is 0.493 e. The van der Waals surface area contributed by atoms with Gasteiger partial charge >= 0.3 is 5.97 Å². The average Bonchev–Trinajstić information content (AvgIpc) is 3.16. The lowest BCUT2D eigenvalue weighted by Crippen LogP contribution is -2.11. The molecule has 0 fully saturated rings. The maximum Gasteiger partial charge on any atom is 0.341 e. The number of nitrogens with one attached hydrogen (secondary N) is 1. The van der Waals surface area contributed by atoms with E-state index in [1.807, 2.05) is 32.0 Å². The van der Waals surface area contributed by atoms with Crippen LogP contribution in [0.1, 0.15) is 34.1 Å². The molecule has 34 heavy (non-hydrogen) atoms. The normalized spacial score (nSPS) is 10.9. The zero-order valence-electron chi connectivity index (χ0n) is 19.4. The van der Waals surface area contributed by atoms with Crippen molar-refractivity contribution in [3.05, 3.63) is 69.6 Å². The molecule has 0 aliphatic heterocycles. The number of methoxy groups -OCH3 is 2. The van der Waals surface area contributed by atoms with Crippen molar-refractivity contribution < 1.29 is 23.8 Å². The summed E-state index contributed by atoms with van der Waals surface area (Å²) in [4.78, 5) is 26.2. The second-order valence-corrected chi connectivity index (χ2v) is 8.98. The first-order valence-corrected chi connectivity index (χ1v) is 11.8. The molecule has 178 valence electrons. The van der Waals surface area contributed by atoms with Gasteiger partial charge in [0.2, 0.25) is 5.91 Å². The molecule has 0 atom stereocenters. The number of rotatable bonds is 9. The van der Waals surface area contributed by atoms with Crippen molar-refractivity contribution in [2.75, 3.05) is 26.1 Å². The van der Waals surface area contributed by atoms with Gasteiger partial charge in [-0.05, 0) is 54.8 Å². The molecule has 1 amide bonds. The minimum absolute atomic E-state index is 0.299. The van der Waals surface area contributed by atoms with Crippen LogP contribution < -0.4 is 14.8 Å². The van der Waals surface area contributed by atoms with Crippen LogP contribution in [0.4, 0.5) is 5.00 Å². The summed E-state index contributed by atoms with van der Waals surface area (Å²) >= 11 is 7.46. The van der Waals surface area contributed by atoms with E-state index in [1.54, 1.807) is 37.5 Å². The first-order chi connectivity index (χ1) is 16.4. The van der Waals surface area contributed by atoms with Crippen LogP contribution in [0.5, 0.6) is 11.5 Å². The Hall–Kier alpha value is -3.29. The molecule has 1 aromatic heterocycles. The smallest absolute Gasteiger partial charge is 0.341 e. The zero-order chi connectivity index (χ0) is 24.7. The topological polar surface area (TPSA) is 73.9 Å². The van der Waals surface area contributed by atoms with Gasteiger partial charge in [0.25, 0.3) is 0 Å². The minimum Gasteiger partial charge on any atom is -0.493 e. The number of esters is 1. The molecule has 0 saturated carbocycles. The Morgan fingerprint density at radius 3 is 2.59 bits per heavy atom. The number of carbonyl (C=O) groups is 2. The lowest BCUT2D eigenvalue weighted by Gasteiger charge is -2.10. The van der Waals surface area contributed by atoms with Gasteiger partial charge in [-0.15, -0.1) is 11.3 Å². The summed E-state index contributed by atoms with van der Waals surface area (Å²) in [6.45, 7) is 4.50. The molecule has 2 aromatic carbocycles. The van der Waals surface area contributed by atoms with Gasteiger partial charge in [-0.25, -0.2) is 4.79 Å². The van der Waals surface area contributed by atoms with Crippen LogP contribution in [0, 0.1) is 6.92 Å². The van der Waals surface area contributed by atoms with Crippen molar-refractivity contribution in [2.24, 2.45) is 0 Å². The molecule has 0 radical (unpaired) electrons. The summed E-state index contributed by atoms with van der Waals surface area (Å²) in [5.74, 6) is 0.320.